The molecule has 2 rings (SSSR count). The molecule has 2 N–H and O–H groups in total. The first-order chi connectivity index (χ1) is 11.1. The van der Waals surface area contributed by atoms with E-state index in [0.717, 1.165) is 0 Å². The molecule has 9 nitrogen and oxygen atoms in total. The summed E-state index contributed by atoms with van der Waals surface area (Å²) in [5.74, 6) is 0. The Kier molecular flexibility index (Phi) is 7.00. The zero-order valence-corrected chi connectivity index (χ0v) is 13.1. The van der Waals surface area contributed by atoms with Crippen molar-refractivity contribution in [2.45, 2.75) is 32.0 Å². The van der Waals surface area contributed by atoms with Gasteiger partial charge in [-0.3, -0.25) is 0 Å². The van der Waals surface area contributed by atoms with Gasteiger partial charge in [0.15, 0.2) is 6.10 Å². The van der Waals surface area contributed by atoms with Gasteiger partial charge in [-0.1, -0.05) is 6.92 Å². The van der Waals surface area contributed by atoms with Gasteiger partial charge < -0.3 is 38.6 Å². The molecule has 4 atom stereocenters. The van der Waals surface area contributed by atoms with E-state index in [4.69, 9.17) is 28.8 Å². The molecule has 2 fully saturated rings. The quantitative estimate of drug-likeness (QED) is 0.516. The number of ether oxygens (including phenoxy) is 6. The Morgan fingerprint density at radius 1 is 1.22 bits per heavy atom. The lowest BCUT2D eigenvalue weighted by Gasteiger charge is -2.30. The van der Waals surface area contributed by atoms with E-state index in [0.29, 0.717) is 6.42 Å². The van der Waals surface area contributed by atoms with Crippen LogP contribution in [0.3, 0.4) is 0 Å². The molecule has 134 valence electrons. The van der Waals surface area contributed by atoms with Gasteiger partial charge in [0.2, 0.25) is 0 Å². The van der Waals surface area contributed by atoms with Crippen LogP contribution in [-0.4, -0.2) is 81.3 Å². The summed E-state index contributed by atoms with van der Waals surface area (Å²) in [7, 11) is 0. The molecule has 2 saturated heterocycles. The molecule has 0 aromatic carbocycles. The second kappa shape index (κ2) is 8.76. The SMILES string of the molecule is CCC(CO)(COCC1COC(=O)O1)COCC1COC(O)O1. The predicted octanol–water partition coefficient (Wildman–Crippen LogP) is -0.365. The van der Waals surface area contributed by atoms with E-state index in [1.807, 2.05) is 6.92 Å². The number of hydrogen-bond acceptors (Lipinski definition) is 9. The fourth-order valence-electron chi connectivity index (χ4n) is 2.23. The standard InChI is InChI=1S/C14H24O9/c1-2-14(7-15,8-18-3-10-5-20-12(16)22-10)9-19-4-11-6-21-13(17)23-11/h10-12,15-16H,2-9H2,1H3. The molecule has 23 heavy (non-hydrogen) atoms. The molecular weight excluding hydrogens is 312 g/mol. The van der Waals surface area contributed by atoms with Crippen LogP contribution < -0.4 is 0 Å². The summed E-state index contributed by atoms with van der Waals surface area (Å²) < 4.78 is 30.6. The van der Waals surface area contributed by atoms with E-state index in [9.17, 15) is 9.90 Å². The van der Waals surface area contributed by atoms with Crippen LogP contribution in [0, 0.1) is 5.41 Å². The highest BCUT2D eigenvalue weighted by Crippen LogP contribution is 2.23. The van der Waals surface area contributed by atoms with Crippen molar-refractivity contribution in [1.82, 2.24) is 0 Å². The van der Waals surface area contributed by atoms with Crippen molar-refractivity contribution in [2.24, 2.45) is 5.41 Å². The monoisotopic (exact) mass is 336 g/mol. The number of carbonyl (C=O) groups is 1. The topological polar surface area (TPSA) is 113 Å². The summed E-state index contributed by atoms with van der Waals surface area (Å²) in [5.41, 5.74) is -0.554. The van der Waals surface area contributed by atoms with Crippen molar-refractivity contribution in [3.63, 3.8) is 0 Å². The van der Waals surface area contributed by atoms with E-state index in [-0.39, 0.29) is 52.4 Å². The van der Waals surface area contributed by atoms with Crippen molar-refractivity contribution in [2.75, 3.05) is 46.2 Å². The van der Waals surface area contributed by atoms with Gasteiger partial charge in [0.1, 0.15) is 12.7 Å². The molecule has 9 heteroatoms. The van der Waals surface area contributed by atoms with Crippen molar-refractivity contribution >= 4 is 6.16 Å². The average molecular weight is 336 g/mol. The fraction of sp³-hybridized carbons (Fsp3) is 0.929. The Bertz CT molecular complexity index is 371. The molecule has 0 spiro atoms. The van der Waals surface area contributed by atoms with Gasteiger partial charge in [-0.25, -0.2) is 4.79 Å². The summed E-state index contributed by atoms with van der Waals surface area (Å²) in [5, 5.41) is 18.8. The summed E-state index contributed by atoms with van der Waals surface area (Å²) >= 11 is 0. The maximum Gasteiger partial charge on any atom is 0.508 e. The predicted molar refractivity (Wildman–Crippen MR) is 74.5 cm³/mol. The third kappa shape index (κ3) is 5.55. The Hall–Kier alpha value is -0.970. The number of hydrogen-bond donors (Lipinski definition) is 2. The number of aliphatic hydroxyl groups excluding tert-OH is 2. The number of aliphatic hydroxyl groups is 2. The second-order valence-electron chi connectivity index (χ2n) is 5.74. The molecular formula is C14H24O9. The lowest BCUT2D eigenvalue weighted by molar-refractivity contribution is -0.208. The van der Waals surface area contributed by atoms with Crippen molar-refractivity contribution in [3.05, 3.63) is 0 Å². The first-order valence-electron chi connectivity index (χ1n) is 7.62. The van der Waals surface area contributed by atoms with E-state index >= 15 is 0 Å². The van der Waals surface area contributed by atoms with E-state index in [1.54, 1.807) is 0 Å². The Morgan fingerprint density at radius 2 is 1.91 bits per heavy atom. The maximum absolute atomic E-state index is 10.8. The minimum absolute atomic E-state index is 0.102. The Balaban J connectivity index is 1.68. The van der Waals surface area contributed by atoms with E-state index in [2.05, 4.69) is 4.74 Å². The average Bonchev–Trinajstić information content (AvgIpc) is 3.14. The normalized spacial score (nSPS) is 30.0. The third-order valence-electron chi connectivity index (χ3n) is 3.89. The fourth-order valence-corrected chi connectivity index (χ4v) is 2.23. The first-order valence-corrected chi connectivity index (χ1v) is 7.62. The van der Waals surface area contributed by atoms with Gasteiger partial charge in [-0.2, -0.15) is 0 Å². The van der Waals surface area contributed by atoms with Crippen LogP contribution in [-0.2, 0) is 28.4 Å². The lowest BCUT2D eigenvalue weighted by Crippen LogP contribution is -2.38. The minimum Gasteiger partial charge on any atom is -0.430 e. The number of rotatable bonds is 10. The highest BCUT2D eigenvalue weighted by molar-refractivity contribution is 5.61. The van der Waals surface area contributed by atoms with Crippen LogP contribution in [0.1, 0.15) is 13.3 Å². The van der Waals surface area contributed by atoms with Crippen molar-refractivity contribution in [3.8, 4) is 0 Å². The molecule has 0 aromatic rings. The molecule has 4 unspecified atom stereocenters. The molecule has 0 radical (unpaired) electrons. The van der Waals surface area contributed by atoms with E-state index < -0.39 is 24.2 Å². The van der Waals surface area contributed by atoms with Gasteiger partial charge in [0.05, 0.1) is 39.6 Å². The smallest absolute Gasteiger partial charge is 0.430 e. The molecule has 0 aromatic heterocycles. The van der Waals surface area contributed by atoms with Crippen LogP contribution in [0.25, 0.3) is 0 Å². The van der Waals surface area contributed by atoms with Gasteiger partial charge in [0, 0.05) is 5.41 Å². The maximum atomic E-state index is 10.8. The summed E-state index contributed by atoms with van der Waals surface area (Å²) in [6.45, 7) is 2.08. The molecule has 0 aliphatic carbocycles. The molecule has 2 heterocycles. The minimum atomic E-state index is -1.20. The summed E-state index contributed by atoms with van der Waals surface area (Å²) in [6, 6.07) is 0. The van der Waals surface area contributed by atoms with Crippen LogP contribution in [0.5, 0.6) is 0 Å². The second-order valence-corrected chi connectivity index (χ2v) is 5.74. The highest BCUT2D eigenvalue weighted by atomic mass is 16.8. The zero-order chi connectivity index (χ0) is 16.7. The van der Waals surface area contributed by atoms with Crippen LogP contribution in [0.4, 0.5) is 4.79 Å². The third-order valence-corrected chi connectivity index (χ3v) is 3.89. The van der Waals surface area contributed by atoms with Crippen LogP contribution in [0.2, 0.25) is 0 Å². The van der Waals surface area contributed by atoms with Gasteiger partial charge in [-0.05, 0) is 6.42 Å². The van der Waals surface area contributed by atoms with Gasteiger partial charge in [0.25, 0.3) is 6.48 Å². The van der Waals surface area contributed by atoms with Crippen molar-refractivity contribution in [1.29, 1.82) is 0 Å². The van der Waals surface area contributed by atoms with Gasteiger partial charge in [-0.15, -0.1) is 0 Å². The Labute approximate surface area is 134 Å². The largest absolute Gasteiger partial charge is 0.508 e. The summed E-state index contributed by atoms with van der Waals surface area (Å²) in [6.07, 6.45) is -0.780. The van der Waals surface area contributed by atoms with Gasteiger partial charge >= 0.3 is 6.16 Å². The lowest BCUT2D eigenvalue weighted by atomic mass is 9.88. The molecule has 0 bridgehead atoms. The molecule has 2 aliphatic heterocycles. The van der Waals surface area contributed by atoms with Crippen LogP contribution >= 0.6 is 0 Å². The number of carbonyl (C=O) groups excluding carboxylic acids is 1. The highest BCUT2D eigenvalue weighted by Gasteiger charge is 2.32. The number of cyclic esters (lactones) is 2. The first kappa shape index (κ1) is 18.4. The molecule has 0 amide bonds. The van der Waals surface area contributed by atoms with Crippen LogP contribution in [0.15, 0.2) is 0 Å². The molecule has 2 aliphatic rings. The zero-order valence-electron chi connectivity index (χ0n) is 13.1. The Morgan fingerprint density at radius 3 is 2.39 bits per heavy atom. The van der Waals surface area contributed by atoms with E-state index in [1.165, 1.54) is 0 Å². The summed E-state index contributed by atoms with van der Waals surface area (Å²) in [4.78, 5) is 10.8. The van der Waals surface area contributed by atoms with Crippen molar-refractivity contribution < 1.29 is 43.4 Å². The molecule has 0 saturated carbocycles.